The lowest BCUT2D eigenvalue weighted by Gasteiger charge is -2.26. The summed E-state index contributed by atoms with van der Waals surface area (Å²) >= 11 is 0. The van der Waals surface area contributed by atoms with Crippen molar-refractivity contribution in [3.8, 4) is 11.5 Å². The summed E-state index contributed by atoms with van der Waals surface area (Å²) in [5.41, 5.74) is 1.23. The van der Waals surface area contributed by atoms with Gasteiger partial charge in [0.05, 0.1) is 0 Å². The van der Waals surface area contributed by atoms with Crippen molar-refractivity contribution in [1.82, 2.24) is 20.0 Å². The van der Waals surface area contributed by atoms with Gasteiger partial charge in [-0.3, -0.25) is 9.48 Å². The van der Waals surface area contributed by atoms with E-state index in [2.05, 4.69) is 15.3 Å². The third-order valence-corrected chi connectivity index (χ3v) is 4.27. The lowest BCUT2D eigenvalue weighted by Crippen LogP contribution is -2.38. The molecule has 0 aliphatic carbocycles. The van der Waals surface area contributed by atoms with Crippen molar-refractivity contribution in [2.75, 3.05) is 26.2 Å². The maximum absolute atomic E-state index is 12.3. The van der Waals surface area contributed by atoms with Crippen LogP contribution < -0.4 is 5.32 Å². The minimum absolute atomic E-state index is 0.0912. The number of hydrogen-bond acceptors (Lipinski definition) is 4. The van der Waals surface area contributed by atoms with Gasteiger partial charge < -0.3 is 14.6 Å². The van der Waals surface area contributed by atoms with Gasteiger partial charge in [0.1, 0.15) is 17.1 Å². The zero-order chi connectivity index (χ0) is 16.2. The van der Waals surface area contributed by atoms with Crippen LogP contribution in [0.2, 0.25) is 0 Å². The van der Waals surface area contributed by atoms with Crippen LogP contribution in [0.25, 0.3) is 11.5 Å². The molecule has 0 unspecified atom stereocenters. The fourth-order valence-corrected chi connectivity index (χ4v) is 2.97. The Morgan fingerprint density at radius 1 is 1.30 bits per heavy atom. The molecule has 124 valence electrons. The molecule has 3 rings (SSSR count). The van der Waals surface area contributed by atoms with Crippen molar-refractivity contribution < 1.29 is 9.21 Å². The van der Waals surface area contributed by atoms with Gasteiger partial charge in [0.25, 0.3) is 5.91 Å². The molecule has 1 N–H and O–H groups in total. The van der Waals surface area contributed by atoms with Crippen molar-refractivity contribution in [3.05, 3.63) is 29.7 Å². The summed E-state index contributed by atoms with van der Waals surface area (Å²) in [6.07, 6.45) is 3.86. The Morgan fingerprint density at radius 2 is 2.09 bits per heavy atom. The molecule has 1 amide bonds. The van der Waals surface area contributed by atoms with E-state index in [0.717, 1.165) is 25.4 Å². The SMILES string of the molecule is Cc1ccc(-c2cc(C(=O)NCCN3CCCCC3)n(C)n2)o1. The first-order valence-corrected chi connectivity index (χ1v) is 8.25. The van der Waals surface area contributed by atoms with E-state index in [-0.39, 0.29) is 5.91 Å². The van der Waals surface area contributed by atoms with Crippen LogP contribution in [0.3, 0.4) is 0 Å². The molecule has 6 nitrogen and oxygen atoms in total. The van der Waals surface area contributed by atoms with Gasteiger partial charge in [-0.25, -0.2) is 0 Å². The number of aromatic nitrogens is 2. The van der Waals surface area contributed by atoms with Crippen molar-refractivity contribution in [1.29, 1.82) is 0 Å². The topological polar surface area (TPSA) is 63.3 Å². The zero-order valence-corrected chi connectivity index (χ0v) is 13.8. The van der Waals surface area contributed by atoms with Crippen LogP contribution in [0.5, 0.6) is 0 Å². The molecule has 1 saturated heterocycles. The molecule has 2 aromatic heterocycles. The number of aryl methyl sites for hydroxylation is 2. The van der Waals surface area contributed by atoms with E-state index in [9.17, 15) is 4.79 Å². The molecule has 1 aliphatic rings. The Bertz CT molecular complexity index is 668. The number of amides is 1. The largest absolute Gasteiger partial charge is 0.460 e. The second-order valence-corrected chi connectivity index (χ2v) is 6.11. The van der Waals surface area contributed by atoms with Crippen LogP contribution >= 0.6 is 0 Å². The van der Waals surface area contributed by atoms with Gasteiger partial charge in [0, 0.05) is 26.2 Å². The van der Waals surface area contributed by atoms with Gasteiger partial charge in [-0.2, -0.15) is 5.10 Å². The van der Waals surface area contributed by atoms with E-state index in [0.29, 0.717) is 23.7 Å². The third kappa shape index (κ3) is 3.82. The summed E-state index contributed by atoms with van der Waals surface area (Å²) in [7, 11) is 1.78. The van der Waals surface area contributed by atoms with Crippen LogP contribution in [0.1, 0.15) is 35.5 Å². The predicted molar refractivity (Wildman–Crippen MR) is 88.3 cm³/mol. The first kappa shape index (κ1) is 15.8. The minimum atomic E-state index is -0.0912. The second kappa shape index (κ2) is 7.00. The summed E-state index contributed by atoms with van der Waals surface area (Å²) in [6, 6.07) is 5.53. The summed E-state index contributed by atoms with van der Waals surface area (Å²) in [5.74, 6) is 1.43. The molecule has 1 fully saturated rings. The Balaban J connectivity index is 1.57. The minimum Gasteiger partial charge on any atom is -0.460 e. The molecular weight excluding hydrogens is 292 g/mol. The van der Waals surface area contributed by atoms with Gasteiger partial charge in [0.15, 0.2) is 5.76 Å². The Kier molecular flexibility index (Phi) is 4.81. The lowest BCUT2D eigenvalue weighted by atomic mass is 10.1. The van der Waals surface area contributed by atoms with Gasteiger partial charge >= 0.3 is 0 Å². The monoisotopic (exact) mass is 316 g/mol. The standard InChI is InChI=1S/C17H24N4O2/c1-13-6-7-16(23-13)14-12-15(20(2)19-14)17(22)18-8-11-21-9-4-3-5-10-21/h6-7,12H,3-5,8-11H2,1-2H3,(H,18,22). The summed E-state index contributed by atoms with van der Waals surface area (Å²) in [4.78, 5) is 14.7. The third-order valence-electron chi connectivity index (χ3n) is 4.27. The fourth-order valence-electron chi connectivity index (χ4n) is 2.97. The fraction of sp³-hybridized carbons (Fsp3) is 0.529. The lowest BCUT2D eigenvalue weighted by molar-refractivity contribution is 0.0937. The first-order valence-electron chi connectivity index (χ1n) is 8.25. The van der Waals surface area contributed by atoms with E-state index >= 15 is 0 Å². The Labute approximate surface area is 136 Å². The highest BCUT2D eigenvalue weighted by atomic mass is 16.3. The molecule has 23 heavy (non-hydrogen) atoms. The number of hydrogen-bond donors (Lipinski definition) is 1. The summed E-state index contributed by atoms with van der Waals surface area (Å²) < 4.78 is 7.16. The van der Waals surface area contributed by atoms with E-state index < -0.39 is 0 Å². The molecule has 0 spiro atoms. The molecule has 0 aromatic carbocycles. The molecular formula is C17H24N4O2. The van der Waals surface area contributed by atoms with Crippen molar-refractivity contribution >= 4 is 5.91 Å². The number of carbonyl (C=O) groups is 1. The summed E-state index contributed by atoms with van der Waals surface area (Å²) in [6.45, 7) is 5.75. The quantitative estimate of drug-likeness (QED) is 0.918. The number of nitrogens with one attached hydrogen (secondary N) is 1. The maximum Gasteiger partial charge on any atom is 0.269 e. The number of likely N-dealkylation sites (tertiary alicyclic amines) is 1. The molecule has 2 aromatic rings. The molecule has 0 atom stereocenters. The van der Waals surface area contributed by atoms with Crippen molar-refractivity contribution in [3.63, 3.8) is 0 Å². The van der Waals surface area contributed by atoms with Gasteiger partial charge in [-0.05, 0) is 45.0 Å². The zero-order valence-electron chi connectivity index (χ0n) is 13.8. The average molecular weight is 316 g/mol. The Morgan fingerprint density at radius 3 is 2.78 bits per heavy atom. The van der Waals surface area contributed by atoms with Gasteiger partial charge in [0.2, 0.25) is 0 Å². The van der Waals surface area contributed by atoms with E-state index in [1.54, 1.807) is 17.8 Å². The van der Waals surface area contributed by atoms with E-state index in [1.807, 2.05) is 19.1 Å². The van der Waals surface area contributed by atoms with Crippen LogP contribution in [0, 0.1) is 6.92 Å². The van der Waals surface area contributed by atoms with Crippen LogP contribution in [-0.4, -0.2) is 46.8 Å². The highest BCUT2D eigenvalue weighted by Gasteiger charge is 2.16. The molecule has 0 radical (unpaired) electrons. The second-order valence-electron chi connectivity index (χ2n) is 6.11. The summed E-state index contributed by atoms with van der Waals surface area (Å²) in [5, 5.41) is 7.35. The maximum atomic E-state index is 12.3. The van der Waals surface area contributed by atoms with Crippen molar-refractivity contribution in [2.24, 2.45) is 7.05 Å². The molecule has 6 heteroatoms. The van der Waals surface area contributed by atoms with Crippen LogP contribution in [0.15, 0.2) is 22.6 Å². The highest BCUT2D eigenvalue weighted by molar-refractivity contribution is 5.93. The molecule has 0 saturated carbocycles. The molecule has 3 heterocycles. The average Bonchev–Trinajstić information content (AvgIpc) is 3.14. The normalized spacial score (nSPS) is 15.7. The number of rotatable bonds is 5. The molecule has 1 aliphatic heterocycles. The van der Waals surface area contributed by atoms with E-state index in [4.69, 9.17) is 4.42 Å². The van der Waals surface area contributed by atoms with E-state index in [1.165, 1.54) is 19.3 Å². The highest BCUT2D eigenvalue weighted by Crippen LogP contribution is 2.21. The number of furan rings is 1. The van der Waals surface area contributed by atoms with Gasteiger partial charge in [-0.1, -0.05) is 6.42 Å². The number of carbonyl (C=O) groups excluding carboxylic acids is 1. The molecule has 0 bridgehead atoms. The first-order chi connectivity index (χ1) is 11.1. The van der Waals surface area contributed by atoms with Gasteiger partial charge in [-0.15, -0.1) is 0 Å². The van der Waals surface area contributed by atoms with Crippen molar-refractivity contribution in [2.45, 2.75) is 26.2 Å². The van der Waals surface area contributed by atoms with Crippen LogP contribution in [0.4, 0.5) is 0 Å². The van der Waals surface area contributed by atoms with Crippen LogP contribution in [-0.2, 0) is 7.05 Å². The predicted octanol–water partition coefficient (Wildman–Crippen LogP) is 2.20. The number of piperidine rings is 1. The smallest absolute Gasteiger partial charge is 0.269 e. The Hall–Kier alpha value is -2.08. The number of nitrogens with zero attached hydrogens (tertiary/aromatic N) is 3.